The number of fused-ring (bicyclic) bond motifs is 11. The number of nitrogens with zero attached hydrogens (tertiary/aromatic N) is 2. The van der Waals surface area contributed by atoms with Gasteiger partial charge < -0.3 is 23.1 Å². The van der Waals surface area contributed by atoms with Crippen molar-refractivity contribution in [2.75, 3.05) is 9.80 Å². The van der Waals surface area contributed by atoms with Crippen LogP contribution in [-0.4, -0.2) is 0 Å². The summed E-state index contributed by atoms with van der Waals surface area (Å²) in [6.07, 6.45) is 0. The molecule has 5 heteroatoms. The van der Waals surface area contributed by atoms with Gasteiger partial charge in [0.2, 0.25) is 0 Å². The van der Waals surface area contributed by atoms with Crippen LogP contribution in [0.25, 0.3) is 87.4 Å². The van der Waals surface area contributed by atoms with Gasteiger partial charge in [-0.25, -0.2) is 0 Å². The molecule has 0 fully saturated rings. The molecule has 0 aliphatic rings. The number of furan rings is 3. The molecule has 0 bridgehead atoms. The number of hydrogen-bond acceptors (Lipinski definition) is 5. The quantitative estimate of drug-likeness (QED) is 0.168. The summed E-state index contributed by atoms with van der Waals surface area (Å²) in [5.41, 5.74) is 12.5. The van der Waals surface area contributed by atoms with Gasteiger partial charge >= 0.3 is 0 Å². The molecule has 13 rings (SSSR count). The first kappa shape index (κ1) is 34.6. The molecule has 0 aliphatic heterocycles. The smallest absolute Gasteiger partial charge is 0.159 e. The van der Waals surface area contributed by atoms with Gasteiger partial charge in [-0.1, -0.05) is 109 Å². The zero-order chi connectivity index (χ0) is 40.9. The van der Waals surface area contributed by atoms with E-state index in [0.717, 1.165) is 121 Å². The van der Waals surface area contributed by atoms with Crippen molar-refractivity contribution in [1.29, 1.82) is 0 Å². The molecule has 0 aliphatic carbocycles. The van der Waals surface area contributed by atoms with Crippen LogP contribution in [0.15, 0.2) is 213 Å². The van der Waals surface area contributed by atoms with Gasteiger partial charge in [-0.05, 0) is 125 Å². The molecule has 0 atom stereocenters. The molecule has 0 radical (unpaired) electrons. The number of hydrogen-bond donors (Lipinski definition) is 0. The van der Waals surface area contributed by atoms with Crippen molar-refractivity contribution < 1.29 is 13.3 Å². The molecule has 62 heavy (non-hydrogen) atoms. The zero-order valence-electron chi connectivity index (χ0n) is 33.7. The van der Waals surface area contributed by atoms with Crippen LogP contribution in [0, 0.1) is 6.92 Å². The van der Waals surface area contributed by atoms with Gasteiger partial charge in [0.1, 0.15) is 22.3 Å². The molecule has 5 nitrogen and oxygen atoms in total. The Morgan fingerprint density at radius 3 is 1.37 bits per heavy atom. The van der Waals surface area contributed by atoms with E-state index >= 15 is 0 Å². The SMILES string of the molecule is Cc1ccccc1N(c1ccc2cc3c(cc2c1)oc1cc2cc(N(c4ccccc4)c4cccc5c4oc4ccccc45)ccc2cc13)c1cccc2c1oc1ccccc12. The molecule has 0 saturated heterocycles. The second-order valence-corrected chi connectivity index (χ2v) is 16.2. The summed E-state index contributed by atoms with van der Waals surface area (Å²) < 4.78 is 19.9. The van der Waals surface area contributed by atoms with Crippen LogP contribution in [0.4, 0.5) is 34.1 Å². The van der Waals surface area contributed by atoms with E-state index in [2.05, 4.69) is 193 Å². The minimum atomic E-state index is 0.851. The lowest BCUT2D eigenvalue weighted by Crippen LogP contribution is -2.11. The van der Waals surface area contributed by atoms with Crippen molar-refractivity contribution in [1.82, 2.24) is 0 Å². The van der Waals surface area contributed by atoms with Gasteiger partial charge in [0.25, 0.3) is 0 Å². The summed E-state index contributed by atoms with van der Waals surface area (Å²) >= 11 is 0. The monoisotopic (exact) mass is 796 g/mol. The average Bonchev–Trinajstić information content (AvgIpc) is 4.00. The highest BCUT2D eigenvalue weighted by molar-refractivity contribution is 6.15. The summed E-state index contributed by atoms with van der Waals surface area (Å²) in [4.78, 5) is 4.60. The van der Waals surface area contributed by atoms with E-state index in [1.165, 1.54) is 5.56 Å². The number of anilines is 6. The normalized spacial score (nSPS) is 12.0. The van der Waals surface area contributed by atoms with E-state index in [4.69, 9.17) is 13.3 Å². The van der Waals surface area contributed by atoms with Crippen LogP contribution in [0.1, 0.15) is 5.56 Å². The molecular formula is C57H36N2O3. The third-order valence-corrected chi connectivity index (χ3v) is 12.5. The third-order valence-electron chi connectivity index (χ3n) is 12.5. The fourth-order valence-corrected chi connectivity index (χ4v) is 9.56. The van der Waals surface area contributed by atoms with Crippen LogP contribution < -0.4 is 9.80 Å². The standard InChI is InChI=1S/C57H36N2O3/c1-35-13-5-8-20-49(35)59(51-22-12-19-46-44-17-7-10-24-53(44)62-57(46)51)42-28-26-37-32-48-47-31-36-25-27-41(29-38(36)33-54(47)60-55(48)34-39(37)30-42)58(40-14-3-2-4-15-40)50-21-11-18-45-43-16-6-9-23-52(43)61-56(45)50/h2-34H,1H3. The van der Waals surface area contributed by atoms with Crippen LogP contribution in [0.3, 0.4) is 0 Å². The topological polar surface area (TPSA) is 45.9 Å². The Bertz CT molecular complexity index is 3910. The lowest BCUT2D eigenvalue weighted by atomic mass is 10.0. The van der Waals surface area contributed by atoms with Gasteiger partial charge in [-0.2, -0.15) is 0 Å². The Balaban J connectivity index is 0.946. The second kappa shape index (κ2) is 13.4. The number of rotatable bonds is 6. The molecular weight excluding hydrogens is 761 g/mol. The zero-order valence-corrected chi connectivity index (χ0v) is 33.7. The van der Waals surface area contributed by atoms with E-state index in [1.54, 1.807) is 0 Å². The molecule has 3 aromatic heterocycles. The lowest BCUT2D eigenvalue weighted by Gasteiger charge is -2.27. The molecule has 0 unspecified atom stereocenters. The van der Waals surface area contributed by atoms with Crippen molar-refractivity contribution in [3.63, 3.8) is 0 Å². The Hall–Kier alpha value is -8.28. The highest BCUT2D eigenvalue weighted by Gasteiger charge is 2.23. The first-order valence-corrected chi connectivity index (χ1v) is 21.0. The minimum absolute atomic E-state index is 0.851. The van der Waals surface area contributed by atoms with Crippen molar-refractivity contribution in [2.24, 2.45) is 0 Å². The first-order valence-electron chi connectivity index (χ1n) is 21.0. The number of para-hydroxylation sites is 6. The summed E-state index contributed by atoms with van der Waals surface area (Å²) in [5, 5.41) is 11.1. The molecule has 0 spiro atoms. The highest BCUT2D eigenvalue weighted by Crippen LogP contribution is 2.46. The number of aryl methyl sites for hydroxylation is 1. The van der Waals surface area contributed by atoms with Crippen LogP contribution in [0.2, 0.25) is 0 Å². The molecule has 10 aromatic carbocycles. The third kappa shape index (κ3) is 5.28. The molecule has 0 saturated carbocycles. The van der Waals surface area contributed by atoms with Crippen LogP contribution in [0.5, 0.6) is 0 Å². The highest BCUT2D eigenvalue weighted by atomic mass is 16.3. The fourth-order valence-electron chi connectivity index (χ4n) is 9.56. The van der Waals surface area contributed by atoms with E-state index in [0.29, 0.717) is 0 Å². The Morgan fingerprint density at radius 1 is 0.290 bits per heavy atom. The Labute approximate surface area is 355 Å². The minimum Gasteiger partial charge on any atom is -0.456 e. The van der Waals surface area contributed by atoms with E-state index in [9.17, 15) is 0 Å². The lowest BCUT2D eigenvalue weighted by molar-refractivity contribution is 0.668. The van der Waals surface area contributed by atoms with Crippen molar-refractivity contribution in [3.05, 3.63) is 206 Å². The summed E-state index contributed by atoms with van der Waals surface area (Å²) in [5.74, 6) is 0. The second-order valence-electron chi connectivity index (χ2n) is 16.2. The first-order chi connectivity index (χ1) is 30.6. The summed E-state index contributed by atoms with van der Waals surface area (Å²) in [6.45, 7) is 2.16. The van der Waals surface area contributed by atoms with Gasteiger partial charge in [-0.15, -0.1) is 0 Å². The predicted octanol–water partition coefficient (Wildman–Crippen LogP) is 16.9. The molecule has 13 aromatic rings. The molecule has 3 heterocycles. The van der Waals surface area contributed by atoms with Gasteiger partial charge in [0.05, 0.1) is 11.4 Å². The Morgan fingerprint density at radius 2 is 0.774 bits per heavy atom. The van der Waals surface area contributed by atoms with E-state index < -0.39 is 0 Å². The summed E-state index contributed by atoms with van der Waals surface area (Å²) in [6, 6.07) is 70.6. The van der Waals surface area contributed by atoms with E-state index in [1.807, 2.05) is 24.3 Å². The maximum absolute atomic E-state index is 6.75. The van der Waals surface area contributed by atoms with Gasteiger partial charge in [0, 0.05) is 55.1 Å². The average molecular weight is 797 g/mol. The maximum atomic E-state index is 6.75. The number of benzene rings is 10. The van der Waals surface area contributed by atoms with Gasteiger partial charge in [0.15, 0.2) is 11.2 Å². The van der Waals surface area contributed by atoms with Crippen LogP contribution in [-0.2, 0) is 0 Å². The van der Waals surface area contributed by atoms with Crippen molar-refractivity contribution in [2.45, 2.75) is 6.92 Å². The largest absolute Gasteiger partial charge is 0.456 e. The van der Waals surface area contributed by atoms with Gasteiger partial charge in [-0.3, -0.25) is 0 Å². The van der Waals surface area contributed by atoms with Crippen molar-refractivity contribution >= 4 is 121 Å². The fraction of sp³-hybridized carbons (Fsp3) is 0.0175. The van der Waals surface area contributed by atoms with E-state index in [-0.39, 0.29) is 0 Å². The van der Waals surface area contributed by atoms with Crippen LogP contribution >= 0.6 is 0 Å². The Kier molecular flexibility index (Phi) is 7.45. The predicted molar refractivity (Wildman–Crippen MR) is 257 cm³/mol. The summed E-state index contributed by atoms with van der Waals surface area (Å²) in [7, 11) is 0. The molecule has 292 valence electrons. The molecule has 0 N–H and O–H groups in total. The molecule has 0 amide bonds. The maximum Gasteiger partial charge on any atom is 0.159 e. The van der Waals surface area contributed by atoms with Crippen molar-refractivity contribution in [3.8, 4) is 0 Å².